The van der Waals surface area contributed by atoms with E-state index in [-0.39, 0.29) is 71.9 Å². The van der Waals surface area contributed by atoms with Gasteiger partial charge in [0.05, 0.1) is 9.85 Å². The molecule has 0 aromatic heterocycles. The van der Waals surface area contributed by atoms with Crippen LogP contribution in [0.3, 0.4) is 0 Å². The third kappa shape index (κ3) is 8.12. The summed E-state index contributed by atoms with van der Waals surface area (Å²) in [6.45, 7) is 2.38. The fourth-order valence-corrected chi connectivity index (χ4v) is 2.05. The zero-order chi connectivity index (χ0) is 23.2. The topological polar surface area (TPSA) is 243 Å². The average Bonchev–Trinajstić information content (AvgIpc) is 2.62. The fraction of sp³-hybridized carbons (Fsp3) is 0.125. The molecule has 2 rings (SSSR count). The molecule has 0 bridgehead atoms. The third-order valence-corrected chi connectivity index (χ3v) is 3.25. The zero-order valence-corrected chi connectivity index (χ0v) is 18.5. The second-order valence-corrected chi connectivity index (χ2v) is 5.70. The first-order chi connectivity index (χ1) is 13.8. The number of amides is 2. The van der Waals surface area contributed by atoms with Crippen molar-refractivity contribution < 1.29 is 29.6 Å². The summed E-state index contributed by atoms with van der Waals surface area (Å²) in [6.07, 6.45) is 0. The molecule has 14 nitrogen and oxygen atoms in total. The second-order valence-electron chi connectivity index (χ2n) is 5.70. The smallest absolute Gasteiger partial charge is 0.870 e. The van der Waals surface area contributed by atoms with E-state index < -0.39 is 33.2 Å². The van der Waals surface area contributed by atoms with Gasteiger partial charge in [0, 0.05) is 60.9 Å². The second kappa shape index (κ2) is 11.7. The molecule has 2 aromatic rings. The van der Waals surface area contributed by atoms with Crippen LogP contribution in [-0.4, -0.2) is 59.4 Å². The van der Waals surface area contributed by atoms with Crippen molar-refractivity contribution in [2.45, 2.75) is 13.8 Å². The molecule has 6 N–H and O–H groups in total. The normalized spacial score (nSPS) is 9.35. The Morgan fingerprint density at radius 2 is 1.06 bits per heavy atom. The number of nitrogens with two attached hydrogens (primary N) is 2. The van der Waals surface area contributed by atoms with Gasteiger partial charge < -0.3 is 32.3 Å². The zero-order valence-electron chi connectivity index (χ0n) is 16.3. The van der Waals surface area contributed by atoms with Crippen LogP contribution in [0, 0.1) is 20.2 Å². The number of nitrogens with zero attached hydrogens (tertiary/aromatic N) is 2. The van der Waals surface area contributed by atoms with Crippen molar-refractivity contribution in [3.05, 3.63) is 44.5 Å². The van der Waals surface area contributed by atoms with Gasteiger partial charge in [0.25, 0.3) is 11.4 Å². The van der Waals surface area contributed by atoms with Gasteiger partial charge in [-0.1, -0.05) is 11.5 Å². The number of hydrogen-bond donors (Lipinski definition) is 4. The molecule has 2 amide bonds. The van der Waals surface area contributed by atoms with Crippen molar-refractivity contribution in [1.82, 2.24) is 0 Å². The Labute approximate surface area is 204 Å². The monoisotopic (exact) mass is 460 g/mol. The minimum Gasteiger partial charge on any atom is -0.870 e. The minimum absolute atomic E-state index is 0. The SMILES string of the molecule is CC(=O)Nc1cc([N+](=O)[O-])cc(N)c1[O-].CC(=O)Nc1cc([N+](=O)[O-])cc(N)c1[O-].[Ca+2]. The number of nitro groups is 2. The van der Waals surface area contributed by atoms with Crippen molar-refractivity contribution in [1.29, 1.82) is 0 Å². The summed E-state index contributed by atoms with van der Waals surface area (Å²) < 4.78 is 0. The van der Waals surface area contributed by atoms with Gasteiger partial charge >= 0.3 is 37.7 Å². The quantitative estimate of drug-likeness (QED) is 0.206. The van der Waals surface area contributed by atoms with E-state index in [9.17, 15) is 40.0 Å². The Morgan fingerprint density at radius 3 is 1.29 bits per heavy atom. The first kappa shape index (κ1) is 27.6. The molecule has 0 aliphatic rings. The number of benzene rings is 2. The van der Waals surface area contributed by atoms with Crippen molar-refractivity contribution in [2.75, 3.05) is 22.1 Å². The summed E-state index contributed by atoms with van der Waals surface area (Å²) in [5.41, 5.74) is 8.95. The molecule has 0 heterocycles. The first-order valence-electron chi connectivity index (χ1n) is 7.88. The van der Waals surface area contributed by atoms with Crippen molar-refractivity contribution in [3.63, 3.8) is 0 Å². The Bertz CT molecular complexity index is 948. The van der Waals surface area contributed by atoms with Crippen LogP contribution in [0.5, 0.6) is 11.5 Å². The number of carbonyl (C=O) groups is 2. The van der Waals surface area contributed by atoms with E-state index in [1.807, 2.05) is 0 Å². The fourth-order valence-electron chi connectivity index (χ4n) is 2.05. The van der Waals surface area contributed by atoms with Gasteiger partial charge in [0.2, 0.25) is 11.8 Å². The molecule has 160 valence electrons. The van der Waals surface area contributed by atoms with Gasteiger partial charge in [0.1, 0.15) is 0 Å². The Kier molecular flexibility index (Phi) is 10.5. The summed E-state index contributed by atoms with van der Waals surface area (Å²) in [4.78, 5) is 40.9. The van der Waals surface area contributed by atoms with Crippen molar-refractivity contribution in [3.8, 4) is 11.5 Å². The van der Waals surface area contributed by atoms with Crippen LogP contribution in [0.4, 0.5) is 34.1 Å². The van der Waals surface area contributed by atoms with Crippen LogP contribution >= 0.6 is 0 Å². The average molecular weight is 460 g/mol. The van der Waals surface area contributed by atoms with Crippen LogP contribution in [0.2, 0.25) is 0 Å². The van der Waals surface area contributed by atoms with Crippen LogP contribution in [0.1, 0.15) is 13.8 Å². The van der Waals surface area contributed by atoms with Gasteiger partial charge in [-0.05, 0) is 0 Å². The number of nitrogen functional groups attached to an aromatic ring is 2. The molecular weight excluding hydrogens is 444 g/mol. The third-order valence-electron chi connectivity index (χ3n) is 3.25. The number of non-ortho nitro benzene ring substituents is 2. The van der Waals surface area contributed by atoms with E-state index in [4.69, 9.17) is 11.5 Å². The molecule has 0 fully saturated rings. The summed E-state index contributed by atoms with van der Waals surface area (Å²) in [7, 11) is 0. The van der Waals surface area contributed by atoms with Crippen LogP contribution in [-0.2, 0) is 9.59 Å². The largest absolute Gasteiger partial charge is 2.00 e. The van der Waals surface area contributed by atoms with Crippen molar-refractivity contribution >= 4 is 83.7 Å². The molecule has 0 atom stereocenters. The summed E-state index contributed by atoms with van der Waals surface area (Å²) in [6, 6.07) is 3.85. The maximum atomic E-state index is 11.3. The number of nitrogens with one attached hydrogen (secondary N) is 2. The molecule has 31 heavy (non-hydrogen) atoms. The minimum atomic E-state index is -0.693. The predicted octanol–water partition coefficient (Wildman–Crippen LogP) is 0.0372. The van der Waals surface area contributed by atoms with E-state index >= 15 is 0 Å². The molecule has 15 heteroatoms. The van der Waals surface area contributed by atoms with Gasteiger partial charge in [-0.15, -0.1) is 0 Å². The van der Waals surface area contributed by atoms with Gasteiger partial charge in [-0.3, -0.25) is 29.8 Å². The maximum absolute atomic E-state index is 11.3. The Hall–Kier alpha value is -3.36. The molecule has 0 saturated carbocycles. The Morgan fingerprint density at radius 1 is 0.774 bits per heavy atom. The summed E-state index contributed by atoms with van der Waals surface area (Å²) in [5.74, 6) is -2.24. The summed E-state index contributed by atoms with van der Waals surface area (Å²) >= 11 is 0. The van der Waals surface area contributed by atoms with E-state index in [2.05, 4.69) is 10.6 Å². The van der Waals surface area contributed by atoms with Crippen molar-refractivity contribution in [2.24, 2.45) is 0 Å². The van der Waals surface area contributed by atoms with E-state index in [0.29, 0.717) is 0 Å². The van der Waals surface area contributed by atoms with Crippen LogP contribution < -0.4 is 32.3 Å². The maximum Gasteiger partial charge on any atom is 2.00 e. The molecule has 0 aliphatic carbocycles. The molecule has 0 unspecified atom stereocenters. The van der Waals surface area contributed by atoms with E-state index in [0.717, 1.165) is 24.3 Å². The molecule has 2 aromatic carbocycles. The number of rotatable bonds is 4. The Balaban J connectivity index is 0.000000562. The predicted molar refractivity (Wildman–Crippen MR) is 108 cm³/mol. The molecule has 0 radical (unpaired) electrons. The van der Waals surface area contributed by atoms with Crippen LogP contribution in [0.15, 0.2) is 24.3 Å². The number of anilines is 4. The molecular formula is C16H16CaN6O8. The number of nitro benzene ring substituents is 2. The molecule has 0 spiro atoms. The first-order valence-corrected chi connectivity index (χ1v) is 7.88. The van der Waals surface area contributed by atoms with Crippen LogP contribution in [0.25, 0.3) is 0 Å². The van der Waals surface area contributed by atoms with Gasteiger partial charge in [-0.2, -0.15) is 0 Å². The van der Waals surface area contributed by atoms with E-state index in [1.165, 1.54) is 13.8 Å². The standard InChI is InChI=1S/2C8H9N3O4.Ca/c2*1-4(12)10-7-3-5(11(14)15)2-6(9)8(7)13;/h2*2-3,13H,9H2,1H3,(H,10,12);/q;;+2/p-2. The number of carbonyl (C=O) groups excluding carboxylic acids is 2. The molecule has 0 aliphatic heterocycles. The van der Waals surface area contributed by atoms with Gasteiger partial charge in [0.15, 0.2) is 0 Å². The molecule has 0 saturated heterocycles. The summed E-state index contributed by atoms with van der Waals surface area (Å²) in [5, 5.41) is 47.9. The number of hydrogen-bond acceptors (Lipinski definition) is 10. The van der Waals surface area contributed by atoms with E-state index in [1.54, 1.807) is 0 Å². The van der Waals surface area contributed by atoms with Gasteiger partial charge in [-0.25, -0.2) is 0 Å².